The van der Waals surface area contributed by atoms with Crippen molar-refractivity contribution >= 4 is 5.97 Å². The predicted molar refractivity (Wildman–Crippen MR) is 65.0 cm³/mol. The van der Waals surface area contributed by atoms with Crippen molar-refractivity contribution in [3.05, 3.63) is 23.8 Å². The maximum Gasteiger partial charge on any atom is 0.332 e. The van der Waals surface area contributed by atoms with E-state index in [2.05, 4.69) is 17.1 Å². The fourth-order valence-electron chi connectivity index (χ4n) is 4.10. The van der Waals surface area contributed by atoms with Gasteiger partial charge in [0.15, 0.2) is 5.60 Å². The quantitative estimate of drug-likeness (QED) is 0.649. The number of esters is 1. The van der Waals surface area contributed by atoms with E-state index in [4.69, 9.17) is 9.47 Å². The number of piperidine rings is 1. The fourth-order valence-corrected chi connectivity index (χ4v) is 4.10. The van der Waals surface area contributed by atoms with E-state index in [1.165, 1.54) is 0 Å². The number of methoxy groups -OCH3 is 1. The molecule has 0 N–H and O–H groups in total. The van der Waals surface area contributed by atoms with Crippen LogP contribution in [0.5, 0.6) is 0 Å². The van der Waals surface area contributed by atoms with Crippen LogP contribution in [0.1, 0.15) is 19.3 Å². The largest absolute Gasteiger partial charge is 0.449 e. The number of ether oxygens (including phenoxy) is 2. The van der Waals surface area contributed by atoms with E-state index in [9.17, 15) is 4.79 Å². The van der Waals surface area contributed by atoms with Gasteiger partial charge in [0.05, 0.1) is 12.1 Å². The highest BCUT2D eigenvalue weighted by Crippen LogP contribution is 2.51. The van der Waals surface area contributed by atoms with Crippen molar-refractivity contribution in [3.8, 4) is 0 Å². The first kappa shape index (κ1) is 10.8. The zero-order valence-corrected chi connectivity index (χ0v) is 10.5. The third kappa shape index (κ3) is 1.20. The van der Waals surface area contributed by atoms with E-state index < -0.39 is 0 Å². The van der Waals surface area contributed by atoms with E-state index in [-0.39, 0.29) is 17.6 Å². The fraction of sp³-hybridized carbons (Fsp3) is 0.643. The van der Waals surface area contributed by atoms with Gasteiger partial charge >= 0.3 is 5.97 Å². The van der Waals surface area contributed by atoms with Gasteiger partial charge in [0.2, 0.25) is 0 Å². The van der Waals surface area contributed by atoms with Gasteiger partial charge in [-0.25, -0.2) is 4.79 Å². The molecule has 1 spiro atoms. The standard InChI is InChI=1S/C14H17NO3/c1-17-11-4-5-15-10-3-2-9-6-13(16)18-14(9,8-10)12(15)7-11/h2-3,6,10-12H,4-5,7-8H2,1H3/t10-,11-,12+,14+/m1/s1. The Morgan fingerprint density at radius 1 is 1.56 bits per heavy atom. The van der Waals surface area contributed by atoms with Gasteiger partial charge in [-0.1, -0.05) is 12.2 Å². The molecule has 3 aliphatic heterocycles. The summed E-state index contributed by atoms with van der Waals surface area (Å²) < 4.78 is 11.2. The number of fused-ring (bicyclic) bond motifs is 3. The second kappa shape index (κ2) is 3.45. The maximum absolute atomic E-state index is 11.6. The van der Waals surface area contributed by atoms with Gasteiger partial charge in [0.1, 0.15) is 0 Å². The normalized spacial score (nSPS) is 45.5. The molecule has 4 rings (SSSR count). The molecule has 0 aromatic heterocycles. The highest BCUT2D eigenvalue weighted by Gasteiger charge is 2.60. The van der Waals surface area contributed by atoms with Crippen molar-refractivity contribution in [1.29, 1.82) is 0 Å². The Labute approximate surface area is 106 Å². The molecule has 4 aliphatic rings. The minimum absolute atomic E-state index is 0.184. The van der Waals surface area contributed by atoms with Crippen LogP contribution in [0.15, 0.2) is 23.8 Å². The van der Waals surface area contributed by atoms with Crippen LogP contribution < -0.4 is 0 Å². The Bertz CT molecular complexity index is 470. The minimum Gasteiger partial charge on any atom is -0.449 e. The monoisotopic (exact) mass is 247 g/mol. The van der Waals surface area contributed by atoms with Gasteiger partial charge in [0.25, 0.3) is 0 Å². The third-order valence-corrected chi connectivity index (χ3v) is 4.95. The van der Waals surface area contributed by atoms with E-state index >= 15 is 0 Å². The first-order chi connectivity index (χ1) is 8.73. The molecule has 4 heteroatoms. The van der Waals surface area contributed by atoms with Crippen LogP contribution in [-0.2, 0) is 14.3 Å². The molecule has 0 saturated carbocycles. The summed E-state index contributed by atoms with van der Waals surface area (Å²) in [4.78, 5) is 14.1. The molecule has 4 atom stereocenters. The second-order valence-corrected chi connectivity index (χ2v) is 5.68. The lowest BCUT2D eigenvalue weighted by atomic mass is 9.80. The average Bonchev–Trinajstić information content (AvgIpc) is 2.85. The summed E-state index contributed by atoms with van der Waals surface area (Å²) in [7, 11) is 1.77. The van der Waals surface area contributed by atoms with Gasteiger partial charge < -0.3 is 9.47 Å². The third-order valence-electron chi connectivity index (χ3n) is 4.95. The number of rotatable bonds is 1. The number of hydrogen-bond donors (Lipinski definition) is 0. The molecule has 0 aromatic rings. The first-order valence-electron chi connectivity index (χ1n) is 6.65. The molecule has 2 bridgehead atoms. The summed E-state index contributed by atoms with van der Waals surface area (Å²) in [6.45, 7) is 1.03. The summed E-state index contributed by atoms with van der Waals surface area (Å²) in [5.74, 6) is -0.184. The van der Waals surface area contributed by atoms with Gasteiger partial charge in [-0.05, 0) is 12.8 Å². The van der Waals surface area contributed by atoms with Crippen molar-refractivity contribution in [2.75, 3.05) is 13.7 Å². The molecule has 3 heterocycles. The molecule has 96 valence electrons. The maximum atomic E-state index is 11.6. The van der Waals surface area contributed by atoms with Crippen molar-refractivity contribution in [3.63, 3.8) is 0 Å². The van der Waals surface area contributed by atoms with E-state index in [1.54, 1.807) is 13.2 Å². The summed E-state index contributed by atoms with van der Waals surface area (Å²) in [5, 5.41) is 0. The minimum atomic E-state index is -0.381. The molecule has 18 heavy (non-hydrogen) atoms. The van der Waals surface area contributed by atoms with Crippen LogP contribution >= 0.6 is 0 Å². The van der Waals surface area contributed by atoms with Crippen LogP contribution in [0.3, 0.4) is 0 Å². The Balaban J connectivity index is 1.75. The number of nitrogens with zero attached hydrogens (tertiary/aromatic N) is 1. The molecular formula is C14H17NO3. The SMILES string of the molecule is CO[C@@H]1CCN2[C@@H]3C=CC4=CC(=O)O[C@]4(C3)[C@@H]2C1. The lowest BCUT2D eigenvalue weighted by molar-refractivity contribution is -0.149. The summed E-state index contributed by atoms with van der Waals surface area (Å²) >= 11 is 0. The summed E-state index contributed by atoms with van der Waals surface area (Å²) in [6.07, 6.45) is 9.20. The number of carbonyl (C=O) groups is 1. The highest BCUT2D eigenvalue weighted by molar-refractivity contribution is 5.88. The van der Waals surface area contributed by atoms with Gasteiger partial charge in [-0.15, -0.1) is 0 Å². The van der Waals surface area contributed by atoms with Crippen LogP contribution in [-0.4, -0.2) is 48.3 Å². The molecular weight excluding hydrogens is 230 g/mol. The Morgan fingerprint density at radius 2 is 2.44 bits per heavy atom. The van der Waals surface area contributed by atoms with Crippen molar-refractivity contribution in [2.45, 2.75) is 43.1 Å². The summed E-state index contributed by atoms with van der Waals surface area (Å²) in [5.41, 5.74) is 0.682. The number of carbonyl (C=O) groups excluding carboxylic acids is 1. The average molecular weight is 247 g/mol. The molecule has 0 amide bonds. The van der Waals surface area contributed by atoms with Crippen LogP contribution in [0.25, 0.3) is 0 Å². The molecule has 1 aliphatic carbocycles. The van der Waals surface area contributed by atoms with Crippen LogP contribution in [0.4, 0.5) is 0 Å². The zero-order valence-electron chi connectivity index (χ0n) is 10.5. The van der Waals surface area contributed by atoms with E-state index in [0.29, 0.717) is 12.1 Å². The second-order valence-electron chi connectivity index (χ2n) is 5.68. The lowest BCUT2D eigenvalue weighted by Crippen LogP contribution is -2.51. The molecule has 4 nitrogen and oxygen atoms in total. The van der Waals surface area contributed by atoms with Gasteiger partial charge in [-0.3, -0.25) is 4.90 Å². The Hall–Kier alpha value is -1.13. The van der Waals surface area contributed by atoms with Gasteiger partial charge in [-0.2, -0.15) is 0 Å². The molecule has 2 fully saturated rings. The van der Waals surface area contributed by atoms with E-state index in [1.807, 2.05) is 0 Å². The smallest absolute Gasteiger partial charge is 0.332 e. The van der Waals surface area contributed by atoms with Crippen LogP contribution in [0.2, 0.25) is 0 Å². The molecule has 0 radical (unpaired) electrons. The van der Waals surface area contributed by atoms with Crippen molar-refractivity contribution < 1.29 is 14.3 Å². The predicted octanol–water partition coefficient (Wildman–Crippen LogP) is 1.03. The number of hydrogen-bond acceptors (Lipinski definition) is 4. The lowest BCUT2D eigenvalue weighted by Gasteiger charge is -2.40. The first-order valence-corrected chi connectivity index (χ1v) is 6.65. The van der Waals surface area contributed by atoms with Crippen molar-refractivity contribution in [1.82, 2.24) is 4.90 Å². The summed E-state index contributed by atoms with van der Waals surface area (Å²) in [6, 6.07) is 0.713. The molecule has 0 aromatic carbocycles. The topological polar surface area (TPSA) is 38.8 Å². The zero-order chi connectivity index (χ0) is 12.3. The van der Waals surface area contributed by atoms with Gasteiger partial charge in [0, 0.05) is 37.8 Å². The Morgan fingerprint density at radius 3 is 3.28 bits per heavy atom. The highest BCUT2D eigenvalue weighted by atomic mass is 16.6. The van der Waals surface area contributed by atoms with E-state index in [0.717, 1.165) is 31.4 Å². The molecule has 2 saturated heterocycles. The molecule has 0 unspecified atom stereocenters. The van der Waals surface area contributed by atoms with Crippen molar-refractivity contribution in [2.24, 2.45) is 0 Å². The Kier molecular flexibility index (Phi) is 2.07. The van der Waals surface area contributed by atoms with Crippen LogP contribution in [0, 0.1) is 0 Å².